The molecule has 0 aliphatic carbocycles. The summed E-state index contributed by atoms with van der Waals surface area (Å²) in [6, 6.07) is 5.04. The Kier molecular flexibility index (Phi) is 4.53. The van der Waals surface area contributed by atoms with Gasteiger partial charge in [0.2, 0.25) is 0 Å². The van der Waals surface area contributed by atoms with Gasteiger partial charge in [-0.1, -0.05) is 12.2 Å². The summed E-state index contributed by atoms with van der Waals surface area (Å²) in [7, 11) is 1.45. The number of nitro groups is 1. The van der Waals surface area contributed by atoms with E-state index in [1.807, 2.05) is 6.08 Å². The van der Waals surface area contributed by atoms with Crippen LogP contribution in [0.2, 0.25) is 0 Å². The zero-order valence-electron chi connectivity index (χ0n) is 11.5. The van der Waals surface area contributed by atoms with Gasteiger partial charge in [0.25, 0.3) is 0 Å². The molecule has 1 aromatic rings. The number of benzene rings is 1. The van der Waals surface area contributed by atoms with Crippen LogP contribution in [-0.4, -0.2) is 36.6 Å². The zero-order chi connectivity index (χ0) is 14.5. The van der Waals surface area contributed by atoms with Crippen molar-refractivity contribution in [3.63, 3.8) is 0 Å². The third-order valence-electron chi connectivity index (χ3n) is 3.43. The summed E-state index contributed by atoms with van der Waals surface area (Å²) in [5, 5.41) is 10.9. The highest BCUT2D eigenvalue weighted by atomic mass is 16.6. The first kappa shape index (κ1) is 14.3. The highest BCUT2D eigenvalue weighted by Gasteiger charge is 2.17. The van der Waals surface area contributed by atoms with Gasteiger partial charge in [0, 0.05) is 25.7 Å². The summed E-state index contributed by atoms with van der Waals surface area (Å²) >= 11 is 0. The standard InChI is InChI=1S/C15H18N2O3/c1-3-8-16-9-6-12(7-10-16)13-4-5-14(17(18)19)15(11-13)20-2/h3-6,11H,1,7-10H2,2H3. The third kappa shape index (κ3) is 3.05. The third-order valence-corrected chi connectivity index (χ3v) is 3.43. The van der Waals surface area contributed by atoms with Gasteiger partial charge in [-0.2, -0.15) is 0 Å². The summed E-state index contributed by atoms with van der Waals surface area (Å²) in [4.78, 5) is 12.7. The van der Waals surface area contributed by atoms with Crippen LogP contribution in [0, 0.1) is 10.1 Å². The predicted molar refractivity (Wildman–Crippen MR) is 78.9 cm³/mol. The van der Waals surface area contributed by atoms with Crippen LogP contribution in [-0.2, 0) is 0 Å². The van der Waals surface area contributed by atoms with E-state index >= 15 is 0 Å². The fourth-order valence-corrected chi connectivity index (χ4v) is 2.35. The second-order valence-corrected chi connectivity index (χ2v) is 4.67. The molecule has 0 bridgehead atoms. The molecule has 20 heavy (non-hydrogen) atoms. The Morgan fingerprint density at radius 3 is 2.90 bits per heavy atom. The van der Waals surface area contributed by atoms with E-state index in [2.05, 4.69) is 17.6 Å². The van der Waals surface area contributed by atoms with Crippen LogP contribution in [0.25, 0.3) is 5.57 Å². The smallest absolute Gasteiger partial charge is 0.310 e. The number of nitrogens with zero attached hydrogens (tertiary/aromatic N) is 2. The molecule has 0 amide bonds. The second kappa shape index (κ2) is 6.34. The lowest BCUT2D eigenvalue weighted by Crippen LogP contribution is -2.28. The van der Waals surface area contributed by atoms with Gasteiger partial charge in [-0.3, -0.25) is 15.0 Å². The quantitative estimate of drug-likeness (QED) is 0.470. The largest absolute Gasteiger partial charge is 0.490 e. The molecule has 5 heteroatoms. The highest BCUT2D eigenvalue weighted by molar-refractivity contribution is 5.69. The minimum atomic E-state index is -0.427. The molecule has 0 fully saturated rings. The molecule has 0 unspecified atom stereocenters. The molecule has 1 aliphatic rings. The molecule has 0 saturated heterocycles. The van der Waals surface area contributed by atoms with E-state index in [1.165, 1.54) is 18.7 Å². The molecule has 0 N–H and O–H groups in total. The topological polar surface area (TPSA) is 55.6 Å². The molecule has 1 aliphatic heterocycles. The van der Waals surface area contributed by atoms with Gasteiger partial charge in [0.1, 0.15) is 0 Å². The van der Waals surface area contributed by atoms with Crippen molar-refractivity contribution < 1.29 is 9.66 Å². The molecular formula is C15H18N2O3. The van der Waals surface area contributed by atoms with Crippen LogP contribution >= 0.6 is 0 Å². The molecule has 0 spiro atoms. The first-order valence-electron chi connectivity index (χ1n) is 6.50. The number of hydrogen-bond donors (Lipinski definition) is 0. The van der Waals surface area contributed by atoms with E-state index in [-0.39, 0.29) is 5.69 Å². The Hall–Kier alpha value is -2.14. The second-order valence-electron chi connectivity index (χ2n) is 4.67. The maximum Gasteiger partial charge on any atom is 0.310 e. The molecule has 0 radical (unpaired) electrons. The van der Waals surface area contributed by atoms with Crippen LogP contribution in [0.1, 0.15) is 12.0 Å². The number of nitro benzene ring substituents is 1. The van der Waals surface area contributed by atoms with Crippen LogP contribution in [0.15, 0.2) is 36.9 Å². The van der Waals surface area contributed by atoms with Crippen molar-refractivity contribution in [2.24, 2.45) is 0 Å². The first-order valence-corrected chi connectivity index (χ1v) is 6.50. The fourth-order valence-electron chi connectivity index (χ4n) is 2.35. The maximum atomic E-state index is 10.9. The van der Waals surface area contributed by atoms with Crippen molar-refractivity contribution in [3.05, 3.63) is 52.6 Å². The fraction of sp³-hybridized carbons (Fsp3) is 0.333. The number of rotatable bonds is 5. The maximum absolute atomic E-state index is 10.9. The van der Waals surface area contributed by atoms with Crippen LogP contribution in [0.4, 0.5) is 5.69 Å². The van der Waals surface area contributed by atoms with Gasteiger partial charge in [0.05, 0.1) is 12.0 Å². The van der Waals surface area contributed by atoms with Gasteiger partial charge >= 0.3 is 5.69 Å². The molecule has 106 valence electrons. The van der Waals surface area contributed by atoms with E-state index in [0.717, 1.165) is 31.6 Å². The van der Waals surface area contributed by atoms with Crippen molar-refractivity contribution in [2.75, 3.05) is 26.7 Å². The molecule has 2 rings (SSSR count). The average molecular weight is 274 g/mol. The Morgan fingerprint density at radius 2 is 2.35 bits per heavy atom. The van der Waals surface area contributed by atoms with Gasteiger partial charge in [-0.25, -0.2) is 0 Å². The van der Waals surface area contributed by atoms with Crippen molar-refractivity contribution in [3.8, 4) is 5.75 Å². The van der Waals surface area contributed by atoms with E-state index in [0.29, 0.717) is 5.75 Å². The van der Waals surface area contributed by atoms with Crippen molar-refractivity contribution in [1.82, 2.24) is 4.90 Å². The molecule has 1 aromatic carbocycles. The van der Waals surface area contributed by atoms with Gasteiger partial charge < -0.3 is 4.74 Å². The molecule has 0 saturated carbocycles. The van der Waals surface area contributed by atoms with Crippen LogP contribution in [0.5, 0.6) is 5.75 Å². The minimum absolute atomic E-state index is 0.000873. The van der Waals surface area contributed by atoms with Crippen LogP contribution < -0.4 is 4.74 Å². The van der Waals surface area contributed by atoms with Crippen LogP contribution in [0.3, 0.4) is 0 Å². The lowest BCUT2D eigenvalue weighted by Gasteiger charge is -2.25. The lowest BCUT2D eigenvalue weighted by atomic mass is 9.99. The Labute approximate surface area is 118 Å². The Bertz CT molecular complexity index is 552. The van der Waals surface area contributed by atoms with E-state index in [4.69, 9.17) is 4.74 Å². The zero-order valence-corrected chi connectivity index (χ0v) is 11.5. The summed E-state index contributed by atoms with van der Waals surface area (Å²) in [5.41, 5.74) is 2.20. The normalized spacial score (nSPS) is 15.6. The first-order chi connectivity index (χ1) is 9.65. The van der Waals surface area contributed by atoms with Crippen molar-refractivity contribution in [2.45, 2.75) is 6.42 Å². The number of methoxy groups -OCH3 is 1. The summed E-state index contributed by atoms with van der Waals surface area (Å²) in [6.07, 6.45) is 4.98. The minimum Gasteiger partial charge on any atom is -0.490 e. The molecule has 0 atom stereocenters. The van der Waals surface area contributed by atoms with E-state index < -0.39 is 4.92 Å². The van der Waals surface area contributed by atoms with E-state index in [1.54, 1.807) is 12.1 Å². The molecular weight excluding hydrogens is 256 g/mol. The molecule has 0 aromatic heterocycles. The number of hydrogen-bond acceptors (Lipinski definition) is 4. The van der Waals surface area contributed by atoms with Gasteiger partial charge in [0.15, 0.2) is 5.75 Å². The van der Waals surface area contributed by atoms with E-state index in [9.17, 15) is 10.1 Å². The molecule has 1 heterocycles. The Morgan fingerprint density at radius 1 is 1.55 bits per heavy atom. The molecule has 5 nitrogen and oxygen atoms in total. The average Bonchev–Trinajstić information content (AvgIpc) is 2.47. The van der Waals surface area contributed by atoms with Crippen molar-refractivity contribution >= 4 is 11.3 Å². The highest BCUT2D eigenvalue weighted by Crippen LogP contribution is 2.32. The summed E-state index contributed by atoms with van der Waals surface area (Å²) in [5.74, 6) is 0.307. The lowest BCUT2D eigenvalue weighted by molar-refractivity contribution is -0.385. The predicted octanol–water partition coefficient (Wildman–Crippen LogP) is 2.88. The summed E-state index contributed by atoms with van der Waals surface area (Å²) < 4.78 is 5.11. The van der Waals surface area contributed by atoms with Gasteiger partial charge in [-0.15, -0.1) is 6.58 Å². The Balaban J connectivity index is 2.22. The SMILES string of the molecule is C=CCN1CC=C(c2ccc([N+](=O)[O-])c(OC)c2)CC1. The summed E-state index contributed by atoms with van der Waals surface area (Å²) in [6.45, 7) is 6.47. The van der Waals surface area contributed by atoms with Crippen molar-refractivity contribution in [1.29, 1.82) is 0 Å². The van der Waals surface area contributed by atoms with Gasteiger partial charge in [-0.05, 0) is 29.7 Å². The number of ether oxygens (including phenoxy) is 1. The monoisotopic (exact) mass is 274 g/mol.